The first-order chi connectivity index (χ1) is 12.6. The predicted octanol–water partition coefficient (Wildman–Crippen LogP) is 3.89. The molecule has 0 fully saturated rings. The zero-order valence-corrected chi connectivity index (χ0v) is 16.0. The molecule has 26 heavy (non-hydrogen) atoms. The molecule has 0 atom stereocenters. The van der Waals surface area contributed by atoms with Gasteiger partial charge in [0.25, 0.3) is 0 Å². The van der Waals surface area contributed by atoms with Crippen LogP contribution in [0.25, 0.3) is 11.4 Å². The highest BCUT2D eigenvalue weighted by Gasteiger charge is 2.17. The SMILES string of the molecule is Cc1cccc(-c2n[nH]c(=S)n2CC(=O)Nc2nc3c(s2)CCCC3)c1. The van der Waals surface area contributed by atoms with Crippen molar-refractivity contribution in [2.24, 2.45) is 0 Å². The van der Waals surface area contributed by atoms with E-state index in [0.29, 0.717) is 15.7 Å². The Morgan fingerprint density at radius 1 is 1.38 bits per heavy atom. The van der Waals surface area contributed by atoms with E-state index in [1.54, 1.807) is 15.9 Å². The van der Waals surface area contributed by atoms with Crippen LogP contribution in [0.15, 0.2) is 24.3 Å². The number of aromatic nitrogens is 4. The van der Waals surface area contributed by atoms with Gasteiger partial charge in [0.2, 0.25) is 5.91 Å². The number of aromatic amines is 1. The highest BCUT2D eigenvalue weighted by molar-refractivity contribution is 7.71. The van der Waals surface area contributed by atoms with E-state index in [1.807, 2.05) is 31.2 Å². The molecular formula is C18H19N5OS2. The number of thiazole rings is 1. The van der Waals surface area contributed by atoms with Gasteiger partial charge in [-0.15, -0.1) is 11.3 Å². The highest BCUT2D eigenvalue weighted by atomic mass is 32.1. The molecule has 3 aromatic rings. The molecule has 0 aliphatic heterocycles. The second-order valence-corrected chi connectivity index (χ2v) is 7.92. The van der Waals surface area contributed by atoms with Crippen LogP contribution in [0, 0.1) is 11.7 Å². The Kier molecular flexibility index (Phi) is 4.69. The lowest BCUT2D eigenvalue weighted by Gasteiger charge is -2.07. The Balaban J connectivity index is 1.54. The molecule has 0 radical (unpaired) electrons. The molecule has 6 nitrogen and oxygen atoms in total. The largest absolute Gasteiger partial charge is 0.300 e. The second kappa shape index (κ2) is 7.13. The number of benzene rings is 1. The summed E-state index contributed by atoms with van der Waals surface area (Å²) in [5.74, 6) is 0.509. The fourth-order valence-electron chi connectivity index (χ4n) is 3.18. The van der Waals surface area contributed by atoms with Crippen molar-refractivity contribution >= 4 is 34.6 Å². The van der Waals surface area contributed by atoms with Crippen LogP contribution in [0.2, 0.25) is 0 Å². The molecular weight excluding hydrogens is 366 g/mol. The van der Waals surface area contributed by atoms with E-state index in [1.165, 1.54) is 17.7 Å². The van der Waals surface area contributed by atoms with Crippen LogP contribution in [0.1, 0.15) is 29.0 Å². The van der Waals surface area contributed by atoms with Crippen molar-refractivity contribution in [1.29, 1.82) is 0 Å². The summed E-state index contributed by atoms with van der Waals surface area (Å²) in [7, 11) is 0. The summed E-state index contributed by atoms with van der Waals surface area (Å²) < 4.78 is 2.14. The summed E-state index contributed by atoms with van der Waals surface area (Å²) in [6.07, 6.45) is 4.44. The Hall–Kier alpha value is -2.32. The Morgan fingerprint density at radius 2 is 2.23 bits per heavy atom. The van der Waals surface area contributed by atoms with Crippen LogP contribution in [0.5, 0.6) is 0 Å². The number of rotatable bonds is 4. The van der Waals surface area contributed by atoms with Gasteiger partial charge in [-0.05, 0) is 50.9 Å². The quantitative estimate of drug-likeness (QED) is 0.668. The van der Waals surface area contributed by atoms with Crippen LogP contribution < -0.4 is 5.32 Å². The van der Waals surface area contributed by atoms with E-state index in [4.69, 9.17) is 12.2 Å². The second-order valence-electron chi connectivity index (χ2n) is 6.45. The first kappa shape index (κ1) is 17.1. The lowest BCUT2D eigenvalue weighted by Crippen LogP contribution is -2.19. The molecule has 1 amide bonds. The van der Waals surface area contributed by atoms with Gasteiger partial charge in [-0.25, -0.2) is 4.98 Å². The maximum Gasteiger partial charge on any atom is 0.246 e. The molecule has 1 aromatic carbocycles. The topological polar surface area (TPSA) is 75.6 Å². The van der Waals surface area contributed by atoms with E-state index >= 15 is 0 Å². The van der Waals surface area contributed by atoms with Gasteiger partial charge in [-0.1, -0.05) is 23.8 Å². The van der Waals surface area contributed by atoms with Gasteiger partial charge in [0.05, 0.1) is 5.69 Å². The molecule has 2 heterocycles. The third kappa shape index (κ3) is 3.47. The Bertz CT molecular complexity index is 993. The minimum atomic E-state index is -0.150. The molecule has 1 aliphatic carbocycles. The third-order valence-corrected chi connectivity index (χ3v) is 5.81. The molecule has 8 heteroatoms. The highest BCUT2D eigenvalue weighted by Crippen LogP contribution is 2.29. The zero-order valence-electron chi connectivity index (χ0n) is 14.4. The van der Waals surface area contributed by atoms with E-state index in [-0.39, 0.29) is 12.5 Å². The number of nitrogens with zero attached hydrogens (tertiary/aromatic N) is 3. The maximum atomic E-state index is 12.5. The van der Waals surface area contributed by atoms with Crippen molar-refractivity contribution in [3.8, 4) is 11.4 Å². The van der Waals surface area contributed by atoms with E-state index in [9.17, 15) is 4.79 Å². The average molecular weight is 386 g/mol. The van der Waals surface area contributed by atoms with Crippen molar-refractivity contribution in [2.45, 2.75) is 39.2 Å². The van der Waals surface area contributed by atoms with Crippen molar-refractivity contribution < 1.29 is 4.79 Å². The van der Waals surface area contributed by atoms with Gasteiger partial charge in [0, 0.05) is 10.4 Å². The molecule has 0 saturated carbocycles. The first-order valence-corrected chi connectivity index (χ1v) is 9.83. The van der Waals surface area contributed by atoms with Crippen molar-refractivity contribution in [2.75, 3.05) is 5.32 Å². The first-order valence-electron chi connectivity index (χ1n) is 8.61. The molecule has 4 rings (SSSR count). The summed E-state index contributed by atoms with van der Waals surface area (Å²) in [4.78, 5) is 18.4. The fourth-order valence-corrected chi connectivity index (χ4v) is 4.44. The number of hydrogen-bond donors (Lipinski definition) is 2. The van der Waals surface area contributed by atoms with Gasteiger partial charge >= 0.3 is 0 Å². The number of amides is 1. The number of nitrogens with one attached hydrogen (secondary N) is 2. The van der Waals surface area contributed by atoms with Crippen LogP contribution in [0.4, 0.5) is 5.13 Å². The fraction of sp³-hybridized carbons (Fsp3) is 0.333. The summed E-state index contributed by atoms with van der Waals surface area (Å²) in [6.45, 7) is 2.12. The van der Waals surface area contributed by atoms with E-state index < -0.39 is 0 Å². The summed E-state index contributed by atoms with van der Waals surface area (Å²) >= 11 is 6.89. The number of anilines is 1. The standard InChI is InChI=1S/C18H19N5OS2/c1-11-5-4-6-12(9-11)16-21-22-18(25)23(16)10-15(24)20-17-19-13-7-2-3-8-14(13)26-17/h4-6,9H,2-3,7-8,10H2,1H3,(H,22,25)(H,19,20,24). The Morgan fingerprint density at radius 3 is 3.04 bits per heavy atom. The van der Waals surface area contributed by atoms with E-state index in [0.717, 1.165) is 29.7 Å². The lowest BCUT2D eigenvalue weighted by atomic mass is 10.0. The average Bonchev–Trinajstić information content (AvgIpc) is 3.18. The summed E-state index contributed by atoms with van der Waals surface area (Å²) in [5, 5.41) is 10.7. The van der Waals surface area contributed by atoms with Crippen molar-refractivity contribution in [3.05, 3.63) is 45.2 Å². The third-order valence-electron chi connectivity index (χ3n) is 4.43. The zero-order chi connectivity index (χ0) is 18.1. The molecule has 0 unspecified atom stereocenters. The van der Waals surface area contributed by atoms with Gasteiger partial charge in [-0.3, -0.25) is 14.5 Å². The number of carbonyl (C=O) groups is 1. The summed E-state index contributed by atoms with van der Waals surface area (Å²) in [6, 6.07) is 7.97. The van der Waals surface area contributed by atoms with Crippen LogP contribution in [-0.2, 0) is 24.2 Å². The molecule has 1 aliphatic rings. The number of hydrogen-bond acceptors (Lipinski definition) is 5. The van der Waals surface area contributed by atoms with Crippen LogP contribution in [-0.4, -0.2) is 25.7 Å². The lowest BCUT2D eigenvalue weighted by molar-refractivity contribution is -0.116. The maximum absolute atomic E-state index is 12.5. The van der Waals surface area contributed by atoms with Gasteiger partial charge in [-0.2, -0.15) is 5.10 Å². The smallest absolute Gasteiger partial charge is 0.246 e. The number of fused-ring (bicyclic) bond motifs is 1. The van der Waals surface area contributed by atoms with Crippen molar-refractivity contribution in [3.63, 3.8) is 0 Å². The predicted molar refractivity (Wildman–Crippen MR) is 105 cm³/mol. The molecule has 134 valence electrons. The number of H-pyrrole nitrogens is 1. The molecule has 0 bridgehead atoms. The molecule has 2 N–H and O–H groups in total. The normalized spacial score (nSPS) is 13.4. The van der Waals surface area contributed by atoms with E-state index in [2.05, 4.69) is 20.5 Å². The minimum absolute atomic E-state index is 0.100. The number of carbonyl (C=O) groups excluding carboxylic acids is 1. The van der Waals surface area contributed by atoms with Crippen LogP contribution in [0.3, 0.4) is 0 Å². The molecule has 2 aromatic heterocycles. The van der Waals surface area contributed by atoms with Gasteiger partial charge < -0.3 is 5.32 Å². The minimum Gasteiger partial charge on any atom is -0.300 e. The summed E-state index contributed by atoms with van der Waals surface area (Å²) in [5.41, 5.74) is 3.19. The van der Waals surface area contributed by atoms with Gasteiger partial charge in [0.1, 0.15) is 6.54 Å². The number of aryl methyl sites for hydroxylation is 3. The van der Waals surface area contributed by atoms with Crippen molar-refractivity contribution in [1.82, 2.24) is 19.7 Å². The van der Waals surface area contributed by atoms with Crippen LogP contribution >= 0.6 is 23.6 Å². The monoisotopic (exact) mass is 385 g/mol. The Labute approximate surface area is 160 Å². The molecule has 0 spiro atoms. The molecule has 0 saturated heterocycles. The van der Waals surface area contributed by atoms with Gasteiger partial charge in [0.15, 0.2) is 15.7 Å².